The normalized spacial score (nSPS) is 11.4. The van der Waals surface area contributed by atoms with Crippen LogP contribution in [0, 0.1) is 0 Å². The number of hydrogen-bond acceptors (Lipinski definition) is 7. The minimum Gasteiger partial charge on any atom is -0.497 e. The van der Waals surface area contributed by atoms with Crippen LogP contribution in [0.15, 0.2) is 133 Å². The van der Waals surface area contributed by atoms with E-state index in [1.165, 1.54) is 0 Å². The van der Waals surface area contributed by atoms with Crippen LogP contribution < -0.4 is 28.7 Å². The van der Waals surface area contributed by atoms with Crippen molar-refractivity contribution in [2.45, 2.75) is 0 Å². The molecule has 0 spiro atoms. The largest absolute Gasteiger partial charge is 0.497 e. The Balaban J connectivity index is 1.29. The van der Waals surface area contributed by atoms with Crippen molar-refractivity contribution in [2.24, 2.45) is 0 Å². The van der Waals surface area contributed by atoms with Gasteiger partial charge in [0.25, 0.3) is 0 Å². The lowest BCUT2D eigenvalue weighted by Crippen LogP contribution is -2.11. The number of methoxy groups -OCH3 is 4. The molecule has 1 aliphatic carbocycles. The minimum absolute atomic E-state index is 0.0162. The number of carbonyl (C=O) groups is 1. The lowest BCUT2D eigenvalue weighted by Gasteiger charge is -2.26. The maximum absolute atomic E-state index is 14.2. The molecule has 0 unspecified atom stereocenters. The lowest BCUT2D eigenvalue weighted by molar-refractivity contribution is 0.104. The number of fused-ring (bicyclic) bond motifs is 3. The fourth-order valence-electron chi connectivity index (χ4n) is 6.15. The van der Waals surface area contributed by atoms with Crippen molar-refractivity contribution < 1.29 is 23.7 Å². The Bertz CT molecular complexity index is 1830. The molecule has 0 atom stereocenters. The Hall–Kier alpha value is -6.21. The van der Waals surface area contributed by atoms with Crippen molar-refractivity contribution in [3.63, 3.8) is 0 Å². The van der Waals surface area contributed by atoms with Crippen molar-refractivity contribution in [3.8, 4) is 34.1 Å². The van der Waals surface area contributed by atoms with Gasteiger partial charge in [-0.15, -0.1) is 0 Å². The van der Waals surface area contributed by atoms with Crippen LogP contribution in [0.3, 0.4) is 0 Å². The summed E-state index contributed by atoms with van der Waals surface area (Å²) in [4.78, 5) is 18.5. The molecule has 0 saturated carbocycles. The van der Waals surface area contributed by atoms with Crippen LogP contribution in [-0.2, 0) is 0 Å². The molecule has 0 bridgehead atoms. The van der Waals surface area contributed by atoms with Gasteiger partial charge < -0.3 is 28.7 Å². The Labute approximate surface area is 280 Å². The van der Waals surface area contributed by atoms with E-state index >= 15 is 0 Å². The quantitative estimate of drug-likeness (QED) is 0.148. The van der Waals surface area contributed by atoms with Gasteiger partial charge in [-0.05, 0) is 132 Å². The molecule has 6 aromatic carbocycles. The summed E-state index contributed by atoms with van der Waals surface area (Å²) in [5.41, 5.74) is 8.60. The smallest absolute Gasteiger partial charge is 0.194 e. The first-order valence-electron chi connectivity index (χ1n) is 15.5. The highest BCUT2D eigenvalue weighted by atomic mass is 16.5. The zero-order chi connectivity index (χ0) is 33.2. The maximum atomic E-state index is 14.2. The fourth-order valence-corrected chi connectivity index (χ4v) is 6.15. The summed E-state index contributed by atoms with van der Waals surface area (Å²) in [6.07, 6.45) is 0. The maximum Gasteiger partial charge on any atom is 0.194 e. The SMILES string of the molecule is COc1ccc(N(c2ccc(OC)cc2)c2ccc3c(c2)C(=O)c2cc(N(c4ccc(OC)cc4)c4ccc(OC)cc4)ccc2-3)cc1. The van der Waals surface area contributed by atoms with Gasteiger partial charge in [0.05, 0.1) is 28.4 Å². The van der Waals surface area contributed by atoms with Crippen molar-refractivity contribution in [2.75, 3.05) is 38.2 Å². The van der Waals surface area contributed by atoms with E-state index < -0.39 is 0 Å². The Morgan fingerprint density at radius 1 is 0.333 bits per heavy atom. The average Bonchev–Trinajstić information content (AvgIpc) is 3.43. The zero-order valence-electron chi connectivity index (χ0n) is 27.1. The van der Waals surface area contributed by atoms with Crippen LogP contribution in [0.2, 0.25) is 0 Å². The molecular formula is C41H34N2O5. The van der Waals surface area contributed by atoms with Crippen molar-refractivity contribution in [1.82, 2.24) is 0 Å². The van der Waals surface area contributed by atoms with Crippen molar-refractivity contribution >= 4 is 39.9 Å². The number of carbonyl (C=O) groups excluding carboxylic acids is 1. The van der Waals surface area contributed by atoms with Gasteiger partial charge >= 0.3 is 0 Å². The Kier molecular flexibility index (Phi) is 8.17. The second kappa shape index (κ2) is 12.9. The lowest BCUT2D eigenvalue weighted by atomic mass is 10.0. The molecule has 0 amide bonds. The number of rotatable bonds is 10. The number of anilines is 6. The van der Waals surface area contributed by atoms with E-state index in [1.54, 1.807) is 28.4 Å². The molecule has 0 aromatic heterocycles. The molecule has 7 heteroatoms. The van der Waals surface area contributed by atoms with Crippen LogP contribution in [0.1, 0.15) is 15.9 Å². The molecule has 0 radical (unpaired) electrons. The molecular weight excluding hydrogens is 600 g/mol. The van der Waals surface area contributed by atoms with E-state index in [0.29, 0.717) is 11.1 Å². The Morgan fingerprint density at radius 2 is 0.583 bits per heavy atom. The predicted molar refractivity (Wildman–Crippen MR) is 191 cm³/mol. The molecule has 7 rings (SSSR count). The topological polar surface area (TPSA) is 60.5 Å². The number of nitrogens with zero attached hydrogens (tertiary/aromatic N) is 2. The van der Waals surface area contributed by atoms with Gasteiger partial charge in [-0.25, -0.2) is 0 Å². The number of benzene rings is 6. The number of ether oxygens (including phenoxy) is 4. The van der Waals surface area contributed by atoms with E-state index in [9.17, 15) is 4.79 Å². The average molecular weight is 635 g/mol. The highest BCUT2D eigenvalue weighted by molar-refractivity contribution is 6.22. The van der Waals surface area contributed by atoms with Crippen LogP contribution >= 0.6 is 0 Å². The molecule has 0 fully saturated rings. The van der Waals surface area contributed by atoms with Crippen LogP contribution in [0.4, 0.5) is 34.1 Å². The molecule has 6 aromatic rings. The molecule has 0 N–H and O–H groups in total. The third-order valence-electron chi connectivity index (χ3n) is 8.62. The van der Waals surface area contributed by atoms with E-state index in [1.807, 2.05) is 121 Å². The first kappa shape index (κ1) is 30.4. The third-order valence-corrected chi connectivity index (χ3v) is 8.62. The zero-order valence-corrected chi connectivity index (χ0v) is 27.1. The summed E-state index contributed by atoms with van der Waals surface area (Å²) >= 11 is 0. The summed E-state index contributed by atoms with van der Waals surface area (Å²) in [5.74, 6) is 3.05. The Morgan fingerprint density at radius 3 is 0.833 bits per heavy atom. The van der Waals surface area contributed by atoms with Crippen LogP contribution in [0.5, 0.6) is 23.0 Å². The second-order valence-electron chi connectivity index (χ2n) is 11.3. The van der Waals surface area contributed by atoms with Crippen LogP contribution in [-0.4, -0.2) is 34.2 Å². The fraction of sp³-hybridized carbons (Fsp3) is 0.0976. The van der Waals surface area contributed by atoms with E-state index in [0.717, 1.165) is 68.2 Å². The summed E-state index contributed by atoms with van der Waals surface area (Å²) in [7, 11) is 6.61. The monoisotopic (exact) mass is 634 g/mol. The van der Waals surface area contributed by atoms with Gasteiger partial charge in [-0.2, -0.15) is 0 Å². The van der Waals surface area contributed by atoms with Gasteiger partial charge in [0, 0.05) is 45.3 Å². The molecule has 7 nitrogen and oxygen atoms in total. The number of hydrogen-bond donors (Lipinski definition) is 0. The second-order valence-corrected chi connectivity index (χ2v) is 11.3. The first-order chi connectivity index (χ1) is 23.5. The summed E-state index contributed by atoms with van der Waals surface area (Å²) in [6.45, 7) is 0. The van der Waals surface area contributed by atoms with Gasteiger partial charge in [0.2, 0.25) is 0 Å². The summed E-state index contributed by atoms with van der Waals surface area (Å²) in [6, 6.07) is 43.7. The van der Waals surface area contributed by atoms with E-state index in [2.05, 4.69) is 21.9 Å². The standard InChI is InChI=1S/C41H34N2O5/c1-45-33-15-5-27(6-16-33)42(28-7-17-34(46-2)18-8-28)31-13-23-37-38-24-14-32(26-40(38)41(44)39(37)25-31)43(29-9-19-35(47-3)20-10-29)30-11-21-36(48-4)22-12-30/h5-26H,1-4H3. The van der Waals surface area contributed by atoms with Gasteiger partial charge in [0.1, 0.15) is 23.0 Å². The highest BCUT2D eigenvalue weighted by Crippen LogP contribution is 2.45. The van der Waals surface area contributed by atoms with Crippen molar-refractivity contribution in [3.05, 3.63) is 145 Å². The number of ketones is 1. The van der Waals surface area contributed by atoms with Gasteiger partial charge in [-0.1, -0.05) is 12.1 Å². The van der Waals surface area contributed by atoms with Gasteiger partial charge in [0.15, 0.2) is 5.78 Å². The molecule has 1 aliphatic rings. The summed E-state index contributed by atoms with van der Waals surface area (Å²) < 4.78 is 21.6. The molecule has 0 heterocycles. The minimum atomic E-state index is -0.0162. The molecule has 238 valence electrons. The molecule has 48 heavy (non-hydrogen) atoms. The van der Waals surface area contributed by atoms with E-state index in [4.69, 9.17) is 18.9 Å². The van der Waals surface area contributed by atoms with Crippen LogP contribution in [0.25, 0.3) is 11.1 Å². The molecule has 0 saturated heterocycles. The summed E-state index contributed by atoms with van der Waals surface area (Å²) in [5, 5.41) is 0. The first-order valence-corrected chi connectivity index (χ1v) is 15.5. The molecule has 0 aliphatic heterocycles. The third kappa shape index (κ3) is 5.56. The van der Waals surface area contributed by atoms with Crippen molar-refractivity contribution in [1.29, 1.82) is 0 Å². The van der Waals surface area contributed by atoms with Gasteiger partial charge in [-0.3, -0.25) is 4.79 Å². The van der Waals surface area contributed by atoms with E-state index in [-0.39, 0.29) is 5.78 Å². The predicted octanol–water partition coefficient (Wildman–Crippen LogP) is 9.87. The highest BCUT2D eigenvalue weighted by Gasteiger charge is 2.29.